The molecule has 1 aromatic carbocycles. The van der Waals surface area contributed by atoms with E-state index < -0.39 is 5.60 Å². The molecule has 1 N–H and O–H groups in total. The average Bonchev–Trinajstić information content (AvgIpc) is 2.33. The molecule has 1 saturated carbocycles. The van der Waals surface area contributed by atoms with Crippen molar-refractivity contribution in [2.24, 2.45) is 5.41 Å². The lowest BCUT2D eigenvalue weighted by molar-refractivity contribution is -0.103. The van der Waals surface area contributed by atoms with Gasteiger partial charge in [0.15, 0.2) is 0 Å². The zero-order chi connectivity index (χ0) is 13.4. The lowest BCUT2D eigenvalue weighted by Crippen LogP contribution is -2.44. The highest BCUT2D eigenvalue weighted by molar-refractivity contribution is 5.30. The Kier molecular flexibility index (Phi) is 3.55. The molecule has 1 aliphatic carbocycles. The molecule has 0 saturated heterocycles. The van der Waals surface area contributed by atoms with E-state index in [0.717, 1.165) is 24.8 Å². The summed E-state index contributed by atoms with van der Waals surface area (Å²) < 4.78 is 0. The molecule has 1 heteroatoms. The van der Waals surface area contributed by atoms with Gasteiger partial charge < -0.3 is 5.11 Å². The van der Waals surface area contributed by atoms with Crippen LogP contribution >= 0.6 is 0 Å². The molecular weight excluding hydrogens is 220 g/mol. The van der Waals surface area contributed by atoms with Crippen molar-refractivity contribution in [2.45, 2.75) is 64.9 Å². The Hall–Kier alpha value is -0.820. The van der Waals surface area contributed by atoms with Gasteiger partial charge in [-0.1, -0.05) is 64.8 Å². The molecule has 0 bridgehead atoms. The number of hydrogen-bond donors (Lipinski definition) is 1. The first-order chi connectivity index (χ1) is 8.37. The molecule has 2 rings (SSSR count). The van der Waals surface area contributed by atoms with Crippen LogP contribution in [0.15, 0.2) is 24.3 Å². The van der Waals surface area contributed by atoms with Gasteiger partial charge in [-0.25, -0.2) is 0 Å². The Morgan fingerprint density at radius 3 is 2.06 bits per heavy atom. The van der Waals surface area contributed by atoms with E-state index in [1.807, 2.05) is 0 Å². The minimum atomic E-state index is -0.652. The summed E-state index contributed by atoms with van der Waals surface area (Å²) in [5, 5.41) is 11.1. The summed E-state index contributed by atoms with van der Waals surface area (Å²) in [7, 11) is 0. The van der Waals surface area contributed by atoms with Gasteiger partial charge in [0.05, 0.1) is 5.60 Å². The molecule has 0 amide bonds. The maximum atomic E-state index is 11.1. The minimum Gasteiger partial charge on any atom is -0.385 e. The lowest BCUT2D eigenvalue weighted by Gasteiger charge is -2.47. The first kappa shape index (κ1) is 13.6. The molecule has 0 aromatic heterocycles. The minimum absolute atomic E-state index is 0.0232. The van der Waals surface area contributed by atoms with Crippen LogP contribution < -0.4 is 0 Å². The van der Waals surface area contributed by atoms with Gasteiger partial charge in [0.2, 0.25) is 0 Å². The van der Waals surface area contributed by atoms with Gasteiger partial charge >= 0.3 is 0 Å². The summed E-state index contributed by atoms with van der Waals surface area (Å²) in [5.74, 6) is 0.549. The van der Waals surface area contributed by atoms with Gasteiger partial charge in [-0.3, -0.25) is 0 Å². The first-order valence-electron chi connectivity index (χ1n) is 7.20. The fraction of sp³-hybridized carbons (Fsp3) is 0.647. The maximum absolute atomic E-state index is 11.1. The topological polar surface area (TPSA) is 20.2 Å². The summed E-state index contributed by atoms with van der Waals surface area (Å²) in [6, 6.07) is 8.59. The SMILES string of the molecule is CC(C)c1ccc(C2(O)CCCCC2(C)C)cc1. The van der Waals surface area contributed by atoms with E-state index >= 15 is 0 Å². The van der Waals surface area contributed by atoms with Crippen LogP contribution in [0.1, 0.15) is 70.4 Å². The number of aliphatic hydroxyl groups is 1. The molecule has 0 heterocycles. The van der Waals surface area contributed by atoms with Crippen molar-refractivity contribution < 1.29 is 5.11 Å². The quantitative estimate of drug-likeness (QED) is 0.808. The lowest BCUT2D eigenvalue weighted by atomic mass is 9.62. The first-order valence-corrected chi connectivity index (χ1v) is 7.20. The molecule has 1 unspecified atom stereocenters. The van der Waals surface area contributed by atoms with Gasteiger partial charge in [0.25, 0.3) is 0 Å². The average molecular weight is 246 g/mol. The van der Waals surface area contributed by atoms with Gasteiger partial charge in [-0.2, -0.15) is 0 Å². The highest BCUT2D eigenvalue weighted by Crippen LogP contribution is 2.50. The van der Waals surface area contributed by atoms with E-state index in [1.54, 1.807) is 0 Å². The fourth-order valence-corrected chi connectivity index (χ4v) is 3.17. The number of hydrogen-bond acceptors (Lipinski definition) is 1. The smallest absolute Gasteiger partial charge is 0.0947 e. The third-order valence-electron chi connectivity index (χ3n) is 4.76. The van der Waals surface area contributed by atoms with Crippen LogP contribution in [0, 0.1) is 5.41 Å². The van der Waals surface area contributed by atoms with E-state index in [2.05, 4.69) is 52.0 Å². The van der Waals surface area contributed by atoms with E-state index in [-0.39, 0.29) is 5.41 Å². The molecule has 1 atom stereocenters. The molecular formula is C17H26O. The van der Waals surface area contributed by atoms with Crippen molar-refractivity contribution in [3.8, 4) is 0 Å². The van der Waals surface area contributed by atoms with Crippen LogP contribution in [0.5, 0.6) is 0 Å². The zero-order valence-corrected chi connectivity index (χ0v) is 12.2. The Bertz CT molecular complexity index is 402. The van der Waals surface area contributed by atoms with Crippen LogP contribution in [0.25, 0.3) is 0 Å². The number of benzene rings is 1. The van der Waals surface area contributed by atoms with Crippen LogP contribution in [-0.4, -0.2) is 5.11 Å². The van der Waals surface area contributed by atoms with Crippen LogP contribution in [0.2, 0.25) is 0 Å². The molecule has 100 valence electrons. The van der Waals surface area contributed by atoms with Gasteiger partial charge in [-0.05, 0) is 35.3 Å². The van der Waals surface area contributed by atoms with Crippen molar-refractivity contribution in [1.82, 2.24) is 0 Å². The molecule has 18 heavy (non-hydrogen) atoms. The molecule has 0 spiro atoms. The van der Waals surface area contributed by atoms with E-state index in [0.29, 0.717) is 5.92 Å². The molecule has 1 aliphatic rings. The van der Waals surface area contributed by atoms with Crippen LogP contribution in [0.4, 0.5) is 0 Å². The second kappa shape index (κ2) is 4.70. The molecule has 1 aromatic rings. The van der Waals surface area contributed by atoms with Crippen LogP contribution in [0.3, 0.4) is 0 Å². The normalized spacial score (nSPS) is 27.4. The third-order valence-corrected chi connectivity index (χ3v) is 4.76. The van der Waals surface area contributed by atoms with Crippen molar-refractivity contribution >= 4 is 0 Å². The van der Waals surface area contributed by atoms with Crippen molar-refractivity contribution in [2.75, 3.05) is 0 Å². The molecule has 0 radical (unpaired) electrons. The summed E-state index contributed by atoms with van der Waals surface area (Å²) >= 11 is 0. The van der Waals surface area contributed by atoms with E-state index in [9.17, 15) is 5.11 Å². The van der Waals surface area contributed by atoms with E-state index in [1.165, 1.54) is 12.0 Å². The van der Waals surface area contributed by atoms with Crippen molar-refractivity contribution in [3.05, 3.63) is 35.4 Å². The van der Waals surface area contributed by atoms with Gasteiger partial charge in [0.1, 0.15) is 0 Å². The van der Waals surface area contributed by atoms with Gasteiger partial charge in [-0.15, -0.1) is 0 Å². The Balaban J connectivity index is 2.34. The summed E-state index contributed by atoms with van der Waals surface area (Å²) in [5.41, 5.74) is 1.76. The van der Waals surface area contributed by atoms with Crippen molar-refractivity contribution in [3.63, 3.8) is 0 Å². The standard InChI is InChI=1S/C17H26O/c1-13(2)14-7-9-15(10-8-14)17(18)12-6-5-11-16(17,3)4/h7-10,13,18H,5-6,11-12H2,1-4H3. The Morgan fingerprint density at radius 2 is 1.56 bits per heavy atom. The van der Waals surface area contributed by atoms with E-state index in [4.69, 9.17) is 0 Å². The Labute approximate surface area is 111 Å². The van der Waals surface area contributed by atoms with Crippen molar-refractivity contribution in [1.29, 1.82) is 0 Å². The largest absolute Gasteiger partial charge is 0.385 e. The highest BCUT2D eigenvalue weighted by atomic mass is 16.3. The third kappa shape index (κ3) is 2.21. The second-order valence-electron chi connectivity index (χ2n) is 6.73. The Morgan fingerprint density at radius 1 is 1.00 bits per heavy atom. The summed E-state index contributed by atoms with van der Waals surface area (Å²) in [4.78, 5) is 0. The molecule has 0 aliphatic heterocycles. The zero-order valence-electron chi connectivity index (χ0n) is 12.2. The highest BCUT2D eigenvalue weighted by Gasteiger charge is 2.46. The van der Waals surface area contributed by atoms with Crippen LogP contribution in [-0.2, 0) is 5.60 Å². The molecule has 1 nitrogen and oxygen atoms in total. The monoisotopic (exact) mass is 246 g/mol. The molecule has 1 fully saturated rings. The number of rotatable bonds is 2. The summed E-state index contributed by atoms with van der Waals surface area (Å²) in [6.07, 6.45) is 4.36. The fourth-order valence-electron chi connectivity index (χ4n) is 3.17. The maximum Gasteiger partial charge on any atom is 0.0947 e. The second-order valence-corrected chi connectivity index (χ2v) is 6.73. The summed E-state index contributed by atoms with van der Waals surface area (Å²) in [6.45, 7) is 8.80. The predicted molar refractivity (Wildman–Crippen MR) is 76.7 cm³/mol. The van der Waals surface area contributed by atoms with Gasteiger partial charge in [0, 0.05) is 0 Å². The predicted octanol–water partition coefficient (Wildman–Crippen LogP) is 4.60.